The van der Waals surface area contributed by atoms with Crippen LogP contribution in [0.1, 0.15) is 29.7 Å². The number of aliphatic hydroxyl groups excluding tert-OH is 1. The molecule has 21 heavy (non-hydrogen) atoms. The number of para-hydroxylation sites is 1. The van der Waals surface area contributed by atoms with Crippen LogP contribution in [0.2, 0.25) is 0 Å². The van der Waals surface area contributed by atoms with Crippen molar-refractivity contribution in [2.45, 2.75) is 31.8 Å². The van der Waals surface area contributed by atoms with Crippen molar-refractivity contribution in [2.75, 3.05) is 4.72 Å². The molecule has 0 saturated carbocycles. The molecular weight excluding hydrogens is 286 g/mol. The van der Waals surface area contributed by atoms with Crippen molar-refractivity contribution in [3.63, 3.8) is 0 Å². The molecule has 2 rings (SSSR count). The Morgan fingerprint density at radius 2 is 1.76 bits per heavy atom. The van der Waals surface area contributed by atoms with E-state index in [2.05, 4.69) is 4.72 Å². The van der Waals surface area contributed by atoms with E-state index in [-0.39, 0.29) is 4.90 Å². The summed E-state index contributed by atoms with van der Waals surface area (Å²) in [6, 6.07) is 12.1. The van der Waals surface area contributed by atoms with E-state index < -0.39 is 16.1 Å². The van der Waals surface area contributed by atoms with Crippen molar-refractivity contribution in [3.8, 4) is 0 Å². The van der Waals surface area contributed by atoms with Gasteiger partial charge in [-0.3, -0.25) is 4.72 Å². The van der Waals surface area contributed by atoms with Crippen LogP contribution in [-0.2, 0) is 10.0 Å². The highest BCUT2D eigenvalue weighted by molar-refractivity contribution is 7.92. The highest BCUT2D eigenvalue weighted by Gasteiger charge is 2.19. The third-order valence-corrected chi connectivity index (χ3v) is 4.80. The average Bonchev–Trinajstić information content (AvgIpc) is 2.41. The largest absolute Gasteiger partial charge is 0.389 e. The smallest absolute Gasteiger partial charge is 0.262 e. The molecule has 4 nitrogen and oxygen atoms in total. The lowest BCUT2D eigenvalue weighted by Gasteiger charge is -2.15. The minimum atomic E-state index is -3.68. The standard InChI is InChI=1S/C16H19NO3S/c1-11-8-9-12(2)16(10-11)21(19,20)17-15-7-5-4-6-14(15)13(3)18/h4-10,13,17-18H,1-3H3. The van der Waals surface area contributed by atoms with E-state index in [1.54, 1.807) is 50.2 Å². The quantitative estimate of drug-likeness (QED) is 0.912. The van der Waals surface area contributed by atoms with Crippen molar-refractivity contribution in [1.82, 2.24) is 0 Å². The van der Waals surface area contributed by atoms with Gasteiger partial charge in [0.25, 0.3) is 10.0 Å². The van der Waals surface area contributed by atoms with E-state index in [0.29, 0.717) is 16.8 Å². The van der Waals surface area contributed by atoms with Gasteiger partial charge in [0.2, 0.25) is 0 Å². The Bertz CT molecular complexity index is 752. The van der Waals surface area contributed by atoms with Crippen LogP contribution in [0.5, 0.6) is 0 Å². The predicted molar refractivity (Wildman–Crippen MR) is 83.8 cm³/mol. The Labute approximate surface area is 125 Å². The van der Waals surface area contributed by atoms with Gasteiger partial charge in [-0.25, -0.2) is 8.42 Å². The molecule has 1 atom stereocenters. The number of nitrogens with one attached hydrogen (secondary N) is 1. The van der Waals surface area contributed by atoms with Gasteiger partial charge in [-0.05, 0) is 44.0 Å². The van der Waals surface area contributed by atoms with Crippen LogP contribution in [0, 0.1) is 13.8 Å². The van der Waals surface area contributed by atoms with E-state index in [0.717, 1.165) is 5.56 Å². The van der Waals surface area contributed by atoms with Crippen LogP contribution in [0.25, 0.3) is 0 Å². The van der Waals surface area contributed by atoms with Gasteiger partial charge in [0.05, 0.1) is 16.7 Å². The molecule has 0 radical (unpaired) electrons. The molecular formula is C16H19NO3S. The lowest BCUT2D eigenvalue weighted by Crippen LogP contribution is -2.16. The molecule has 0 spiro atoms. The lowest BCUT2D eigenvalue weighted by atomic mass is 10.1. The molecule has 1 unspecified atom stereocenters. The first-order chi connectivity index (χ1) is 9.81. The highest BCUT2D eigenvalue weighted by atomic mass is 32.2. The fourth-order valence-electron chi connectivity index (χ4n) is 2.15. The summed E-state index contributed by atoms with van der Waals surface area (Å²) in [5, 5.41) is 9.74. The third kappa shape index (κ3) is 3.43. The zero-order valence-electron chi connectivity index (χ0n) is 12.3. The van der Waals surface area contributed by atoms with Crippen molar-refractivity contribution in [1.29, 1.82) is 0 Å². The Morgan fingerprint density at radius 1 is 1.10 bits per heavy atom. The maximum Gasteiger partial charge on any atom is 0.262 e. The van der Waals surface area contributed by atoms with Crippen LogP contribution >= 0.6 is 0 Å². The highest BCUT2D eigenvalue weighted by Crippen LogP contribution is 2.26. The summed E-state index contributed by atoms with van der Waals surface area (Å²) in [7, 11) is -3.68. The minimum absolute atomic E-state index is 0.253. The third-order valence-electron chi connectivity index (χ3n) is 3.29. The minimum Gasteiger partial charge on any atom is -0.389 e. The molecule has 0 fully saturated rings. The normalized spacial score (nSPS) is 13.0. The van der Waals surface area contributed by atoms with Gasteiger partial charge in [0.1, 0.15) is 0 Å². The number of sulfonamides is 1. The van der Waals surface area contributed by atoms with Gasteiger partial charge < -0.3 is 5.11 Å². The Balaban J connectivity index is 2.45. The Kier molecular flexibility index (Phi) is 4.34. The van der Waals surface area contributed by atoms with Crippen LogP contribution < -0.4 is 4.72 Å². The van der Waals surface area contributed by atoms with E-state index in [1.807, 2.05) is 13.0 Å². The van der Waals surface area contributed by atoms with E-state index in [1.165, 1.54) is 0 Å². The van der Waals surface area contributed by atoms with Crippen molar-refractivity contribution in [2.24, 2.45) is 0 Å². The van der Waals surface area contributed by atoms with Gasteiger partial charge in [-0.2, -0.15) is 0 Å². The fourth-order valence-corrected chi connectivity index (χ4v) is 3.57. The summed E-state index contributed by atoms with van der Waals surface area (Å²) < 4.78 is 27.7. The summed E-state index contributed by atoms with van der Waals surface area (Å²) in [6.45, 7) is 5.21. The van der Waals surface area contributed by atoms with Crippen molar-refractivity contribution < 1.29 is 13.5 Å². The molecule has 5 heteroatoms. The van der Waals surface area contributed by atoms with Gasteiger partial charge in [-0.15, -0.1) is 0 Å². The predicted octanol–water partition coefficient (Wildman–Crippen LogP) is 3.16. The molecule has 0 saturated heterocycles. The Hall–Kier alpha value is -1.85. The van der Waals surface area contributed by atoms with Gasteiger partial charge >= 0.3 is 0 Å². The van der Waals surface area contributed by atoms with E-state index in [9.17, 15) is 13.5 Å². The summed E-state index contributed by atoms with van der Waals surface area (Å²) in [5.74, 6) is 0. The molecule has 2 aromatic rings. The zero-order valence-corrected chi connectivity index (χ0v) is 13.1. The molecule has 2 N–H and O–H groups in total. The average molecular weight is 305 g/mol. The maximum atomic E-state index is 12.6. The first-order valence-electron chi connectivity index (χ1n) is 6.68. The van der Waals surface area contributed by atoms with Gasteiger partial charge in [0, 0.05) is 5.56 Å². The second-order valence-corrected chi connectivity index (χ2v) is 6.79. The molecule has 0 amide bonds. The Morgan fingerprint density at radius 3 is 2.43 bits per heavy atom. The van der Waals surface area contributed by atoms with E-state index in [4.69, 9.17) is 0 Å². The number of benzene rings is 2. The van der Waals surface area contributed by atoms with Crippen molar-refractivity contribution in [3.05, 3.63) is 59.2 Å². The number of hydrogen-bond donors (Lipinski definition) is 2. The zero-order chi connectivity index (χ0) is 15.6. The number of hydrogen-bond acceptors (Lipinski definition) is 3. The van der Waals surface area contributed by atoms with Crippen LogP contribution in [0.4, 0.5) is 5.69 Å². The monoisotopic (exact) mass is 305 g/mol. The second kappa shape index (κ2) is 5.87. The number of aryl methyl sites for hydroxylation is 2. The molecule has 2 aromatic carbocycles. The van der Waals surface area contributed by atoms with Crippen LogP contribution in [-0.4, -0.2) is 13.5 Å². The number of aliphatic hydroxyl groups is 1. The summed E-state index contributed by atoms with van der Waals surface area (Å²) >= 11 is 0. The molecule has 0 heterocycles. The number of anilines is 1. The molecule has 112 valence electrons. The van der Waals surface area contributed by atoms with Crippen LogP contribution in [0.15, 0.2) is 47.4 Å². The summed E-state index contributed by atoms with van der Waals surface area (Å²) in [6.07, 6.45) is -0.748. The lowest BCUT2D eigenvalue weighted by molar-refractivity contribution is 0.200. The molecule has 0 aliphatic carbocycles. The molecule has 0 bridgehead atoms. The molecule has 0 aliphatic heterocycles. The van der Waals surface area contributed by atoms with Crippen molar-refractivity contribution >= 4 is 15.7 Å². The first-order valence-corrected chi connectivity index (χ1v) is 8.16. The SMILES string of the molecule is Cc1ccc(C)c(S(=O)(=O)Nc2ccccc2C(C)O)c1. The second-order valence-electron chi connectivity index (χ2n) is 5.14. The van der Waals surface area contributed by atoms with Gasteiger partial charge in [-0.1, -0.05) is 30.3 Å². The summed E-state index contributed by atoms with van der Waals surface area (Å²) in [4.78, 5) is 0.253. The fraction of sp³-hybridized carbons (Fsp3) is 0.250. The van der Waals surface area contributed by atoms with Crippen LogP contribution in [0.3, 0.4) is 0 Å². The number of rotatable bonds is 4. The maximum absolute atomic E-state index is 12.6. The first kappa shape index (κ1) is 15.5. The van der Waals surface area contributed by atoms with E-state index >= 15 is 0 Å². The molecule has 0 aliphatic rings. The molecule has 0 aromatic heterocycles. The topological polar surface area (TPSA) is 66.4 Å². The van der Waals surface area contributed by atoms with Gasteiger partial charge in [0.15, 0.2) is 0 Å². The summed E-state index contributed by atoms with van der Waals surface area (Å²) in [5.41, 5.74) is 2.51.